The van der Waals surface area contributed by atoms with Crippen LogP contribution >= 0.6 is 0 Å². The Hall–Kier alpha value is -2.18. The summed E-state index contributed by atoms with van der Waals surface area (Å²) in [6, 6.07) is 3.71. The van der Waals surface area contributed by atoms with Crippen LogP contribution in [0, 0.1) is 23.3 Å². The molecule has 0 bridgehead atoms. The lowest BCUT2D eigenvalue weighted by Crippen LogP contribution is -2.34. The van der Waals surface area contributed by atoms with Gasteiger partial charge in [0, 0.05) is 6.07 Å². The molecular weight excluding hydrogens is 287 g/mol. The summed E-state index contributed by atoms with van der Waals surface area (Å²) in [6.07, 6.45) is 0. The zero-order valence-electron chi connectivity index (χ0n) is 11.2. The Morgan fingerprint density at radius 3 is 2.10 bits per heavy atom. The van der Waals surface area contributed by atoms with Gasteiger partial charge in [0.2, 0.25) is 7.28 Å². The topological polar surface area (TPSA) is 18.5 Å². The van der Waals surface area contributed by atoms with E-state index in [9.17, 15) is 17.6 Å². The van der Waals surface area contributed by atoms with Gasteiger partial charge < -0.3 is 9.47 Å². The molecule has 0 aliphatic rings. The van der Waals surface area contributed by atoms with Crippen LogP contribution in [0.5, 0.6) is 11.5 Å². The second-order valence-electron chi connectivity index (χ2n) is 4.13. The summed E-state index contributed by atoms with van der Waals surface area (Å²) in [5, 5.41) is 0. The van der Waals surface area contributed by atoms with Gasteiger partial charge in [-0.1, -0.05) is 0 Å². The minimum absolute atomic E-state index is 0.183. The normalized spacial score (nSPS) is 10.4. The van der Waals surface area contributed by atoms with Crippen LogP contribution in [0.1, 0.15) is 0 Å². The summed E-state index contributed by atoms with van der Waals surface area (Å²) in [5.74, 6) is -4.15. The van der Waals surface area contributed by atoms with E-state index in [0.717, 1.165) is 25.5 Å². The van der Waals surface area contributed by atoms with Crippen molar-refractivity contribution in [2.45, 2.75) is 0 Å². The van der Waals surface area contributed by atoms with Crippen molar-refractivity contribution in [3.05, 3.63) is 47.5 Å². The molecule has 0 saturated carbocycles. The zero-order valence-corrected chi connectivity index (χ0v) is 11.2. The van der Waals surface area contributed by atoms with Crippen molar-refractivity contribution in [2.75, 3.05) is 14.2 Å². The molecule has 0 aliphatic carbocycles. The highest BCUT2D eigenvalue weighted by atomic mass is 19.1. The Bertz CT molecular complexity index is 677. The number of rotatable bonds is 4. The predicted octanol–water partition coefficient (Wildman–Crippen LogP) is 1.92. The maximum atomic E-state index is 14.0. The Morgan fingerprint density at radius 2 is 1.48 bits per heavy atom. The van der Waals surface area contributed by atoms with Crippen LogP contribution in [-0.4, -0.2) is 21.5 Å². The lowest BCUT2D eigenvalue weighted by molar-refractivity contribution is 0.384. The van der Waals surface area contributed by atoms with E-state index < -0.39 is 28.7 Å². The second-order valence-corrected chi connectivity index (χ2v) is 4.13. The first-order chi connectivity index (χ1) is 9.97. The SMILES string of the molecule is COc1cc([B]c2c(F)ccc(OC)c2F)c(F)cc1F. The molecule has 21 heavy (non-hydrogen) atoms. The van der Waals surface area contributed by atoms with Crippen molar-refractivity contribution >= 4 is 18.2 Å². The summed E-state index contributed by atoms with van der Waals surface area (Å²) in [5.41, 5.74) is -0.693. The van der Waals surface area contributed by atoms with Crippen molar-refractivity contribution in [3.63, 3.8) is 0 Å². The Labute approximate surface area is 119 Å². The van der Waals surface area contributed by atoms with Gasteiger partial charge in [-0.25, -0.2) is 17.6 Å². The molecule has 7 heteroatoms. The summed E-state index contributed by atoms with van der Waals surface area (Å²) >= 11 is 0. The second kappa shape index (κ2) is 6.07. The molecule has 2 rings (SSSR count). The van der Waals surface area contributed by atoms with Crippen LogP contribution in [0.15, 0.2) is 24.3 Å². The fourth-order valence-electron chi connectivity index (χ4n) is 1.81. The lowest BCUT2D eigenvalue weighted by Gasteiger charge is -2.10. The average Bonchev–Trinajstić information content (AvgIpc) is 2.45. The third kappa shape index (κ3) is 2.96. The molecule has 2 aromatic carbocycles. The number of benzene rings is 2. The molecule has 0 atom stereocenters. The van der Waals surface area contributed by atoms with Crippen LogP contribution in [0.2, 0.25) is 0 Å². The molecule has 0 saturated heterocycles. The molecule has 2 aromatic rings. The van der Waals surface area contributed by atoms with Crippen molar-refractivity contribution in [2.24, 2.45) is 0 Å². The molecule has 0 fully saturated rings. The lowest BCUT2D eigenvalue weighted by atomic mass is 9.63. The van der Waals surface area contributed by atoms with Crippen LogP contribution < -0.4 is 20.4 Å². The summed E-state index contributed by atoms with van der Waals surface area (Å²) in [7, 11) is 3.35. The van der Waals surface area contributed by atoms with Gasteiger partial charge in [0.25, 0.3) is 0 Å². The van der Waals surface area contributed by atoms with Crippen LogP contribution in [0.4, 0.5) is 17.6 Å². The standard InChI is InChI=1S/C14H10BF4O2/c1-20-11-4-3-8(16)13(14(11)19)15-7-5-12(21-2)10(18)6-9(7)17/h3-6H,1-2H3. The van der Waals surface area contributed by atoms with E-state index in [2.05, 4.69) is 0 Å². The summed E-state index contributed by atoms with van der Waals surface area (Å²) in [4.78, 5) is 0. The minimum atomic E-state index is -0.972. The van der Waals surface area contributed by atoms with E-state index in [1.807, 2.05) is 0 Å². The van der Waals surface area contributed by atoms with E-state index in [0.29, 0.717) is 6.07 Å². The van der Waals surface area contributed by atoms with E-state index in [1.165, 1.54) is 14.2 Å². The molecule has 0 unspecified atom stereocenters. The fourth-order valence-corrected chi connectivity index (χ4v) is 1.81. The maximum Gasteiger partial charge on any atom is 0.203 e. The fraction of sp³-hybridized carbons (Fsp3) is 0.143. The van der Waals surface area contributed by atoms with Crippen LogP contribution in [0.3, 0.4) is 0 Å². The average molecular weight is 297 g/mol. The van der Waals surface area contributed by atoms with Crippen LogP contribution in [-0.2, 0) is 0 Å². The van der Waals surface area contributed by atoms with E-state index in [4.69, 9.17) is 9.47 Å². The number of hydrogen-bond acceptors (Lipinski definition) is 2. The number of halogens is 4. The highest BCUT2D eigenvalue weighted by Crippen LogP contribution is 2.17. The van der Waals surface area contributed by atoms with Crippen LogP contribution in [0.25, 0.3) is 0 Å². The maximum absolute atomic E-state index is 14.0. The molecule has 0 aliphatic heterocycles. The highest BCUT2D eigenvalue weighted by molar-refractivity contribution is 6.67. The van der Waals surface area contributed by atoms with Gasteiger partial charge in [0.15, 0.2) is 23.1 Å². The van der Waals surface area contributed by atoms with Gasteiger partial charge >= 0.3 is 0 Å². The monoisotopic (exact) mass is 297 g/mol. The summed E-state index contributed by atoms with van der Waals surface area (Å²) in [6.45, 7) is 0. The number of hydrogen-bond donors (Lipinski definition) is 0. The van der Waals surface area contributed by atoms with Gasteiger partial charge in [-0.15, -0.1) is 0 Å². The van der Waals surface area contributed by atoms with Gasteiger partial charge in [0.05, 0.1) is 14.2 Å². The molecule has 0 N–H and O–H groups in total. The molecule has 0 spiro atoms. The molecule has 0 amide bonds. The first-order valence-electron chi connectivity index (χ1n) is 5.87. The zero-order chi connectivity index (χ0) is 15.6. The van der Waals surface area contributed by atoms with Crippen molar-refractivity contribution in [3.8, 4) is 11.5 Å². The first-order valence-corrected chi connectivity index (χ1v) is 5.87. The Kier molecular flexibility index (Phi) is 4.40. The predicted molar refractivity (Wildman–Crippen MR) is 70.8 cm³/mol. The van der Waals surface area contributed by atoms with Gasteiger partial charge in [0.1, 0.15) is 11.6 Å². The van der Waals surface area contributed by atoms with Crippen molar-refractivity contribution in [1.82, 2.24) is 0 Å². The third-order valence-corrected chi connectivity index (χ3v) is 2.88. The molecule has 109 valence electrons. The molecular formula is C14H10BF4O2. The highest BCUT2D eigenvalue weighted by Gasteiger charge is 2.19. The van der Waals surface area contributed by atoms with E-state index in [-0.39, 0.29) is 17.0 Å². The van der Waals surface area contributed by atoms with E-state index >= 15 is 0 Å². The third-order valence-electron chi connectivity index (χ3n) is 2.88. The minimum Gasteiger partial charge on any atom is -0.494 e. The van der Waals surface area contributed by atoms with Gasteiger partial charge in [-0.05, 0) is 29.1 Å². The van der Waals surface area contributed by atoms with E-state index in [1.54, 1.807) is 0 Å². The molecule has 1 radical (unpaired) electrons. The molecule has 0 heterocycles. The summed E-state index contributed by atoms with van der Waals surface area (Å²) < 4.78 is 64.1. The Morgan fingerprint density at radius 1 is 0.810 bits per heavy atom. The largest absolute Gasteiger partial charge is 0.494 e. The number of ether oxygens (including phenoxy) is 2. The Balaban J connectivity index is 2.48. The quantitative estimate of drug-likeness (QED) is 0.634. The molecule has 0 aromatic heterocycles. The van der Waals surface area contributed by atoms with Crippen molar-refractivity contribution in [1.29, 1.82) is 0 Å². The molecule has 2 nitrogen and oxygen atoms in total. The van der Waals surface area contributed by atoms with Gasteiger partial charge in [-0.3, -0.25) is 0 Å². The van der Waals surface area contributed by atoms with Gasteiger partial charge in [-0.2, -0.15) is 0 Å². The number of methoxy groups -OCH3 is 2. The smallest absolute Gasteiger partial charge is 0.203 e. The first kappa shape index (κ1) is 15.2. The van der Waals surface area contributed by atoms with Crippen molar-refractivity contribution < 1.29 is 27.0 Å².